The fourth-order valence-electron chi connectivity index (χ4n) is 2.30. The SMILES string of the molecule is C[C@H](N)C(=O)N[C@@H](CCC(=O)O)C(=O)N[C@@H](CCC(=O)O)C(=O)N[C@@H](CC(=O)O)C(=O)O. The first kappa shape index (κ1) is 28.2. The Morgan fingerprint density at radius 1 is 0.656 bits per heavy atom. The Morgan fingerprint density at radius 2 is 1.03 bits per heavy atom. The van der Waals surface area contributed by atoms with Gasteiger partial charge in [-0.2, -0.15) is 0 Å². The van der Waals surface area contributed by atoms with E-state index >= 15 is 0 Å². The van der Waals surface area contributed by atoms with E-state index in [2.05, 4.69) is 10.6 Å². The van der Waals surface area contributed by atoms with Crippen molar-refractivity contribution in [2.45, 2.75) is 63.2 Å². The number of nitrogens with two attached hydrogens (primary N) is 1. The summed E-state index contributed by atoms with van der Waals surface area (Å²) in [6.45, 7) is 1.30. The van der Waals surface area contributed by atoms with Gasteiger partial charge in [-0.1, -0.05) is 0 Å². The summed E-state index contributed by atoms with van der Waals surface area (Å²) in [6, 6.07) is -5.97. The van der Waals surface area contributed by atoms with Crippen molar-refractivity contribution in [3.63, 3.8) is 0 Å². The van der Waals surface area contributed by atoms with Crippen molar-refractivity contribution in [2.24, 2.45) is 5.73 Å². The summed E-state index contributed by atoms with van der Waals surface area (Å²) >= 11 is 0. The quantitative estimate of drug-likeness (QED) is 0.122. The molecule has 0 fully saturated rings. The van der Waals surface area contributed by atoms with E-state index in [9.17, 15) is 33.6 Å². The summed E-state index contributed by atoms with van der Waals surface area (Å²) in [5.74, 6) is -8.85. The van der Waals surface area contributed by atoms with Crippen LogP contribution in [-0.4, -0.2) is 86.2 Å². The van der Waals surface area contributed by atoms with Crippen molar-refractivity contribution >= 4 is 41.6 Å². The largest absolute Gasteiger partial charge is 0.481 e. The fourth-order valence-corrected chi connectivity index (χ4v) is 2.30. The molecule has 0 saturated carbocycles. The third-order valence-electron chi connectivity index (χ3n) is 3.97. The Hall–Kier alpha value is -3.75. The number of aliphatic carboxylic acids is 4. The van der Waals surface area contributed by atoms with E-state index in [4.69, 9.17) is 26.2 Å². The second kappa shape index (κ2) is 13.5. The molecule has 0 saturated heterocycles. The number of carbonyl (C=O) groups excluding carboxylic acids is 3. The van der Waals surface area contributed by atoms with Gasteiger partial charge in [0.05, 0.1) is 12.5 Å². The first-order valence-electron chi connectivity index (χ1n) is 9.29. The van der Waals surface area contributed by atoms with Crippen LogP contribution >= 0.6 is 0 Å². The van der Waals surface area contributed by atoms with Gasteiger partial charge in [0.2, 0.25) is 17.7 Å². The van der Waals surface area contributed by atoms with Gasteiger partial charge in [0.15, 0.2) is 0 Å². The summed E-state index contributed by atoms with van der Waals surface area (Å²) in [5.41, 5.74) is 5.40. The minimum Gasteiger partial charge on any atom is -0.481 e. The summed E-state index contributed by atoms with van der Waals surface area (Å²) in [7, 11) is 0. The van der Waals surface area contributed by atoms with Crippen LogP contribution in [0.4, 0.5) is 0 Å². The lowest BCUT2D eigenvalue weighted by Crippen LogP contribution is -2.57. The predicted molar refractivity (Wildman–Crippen MR) is 103 cm³/mol. The molecule has 15 heteroatoms. The summed E-state index contributed by atoms with van der Waals surface area (Å²) in [5, 5.41) is 41.7. The van der Waals surface area contributed by atoms with E-state index in [0.29, 0.717) is 0 Å². The van der Waals surface area contributed by atoms with Gasteiger partial charge in [-0.05, 0) is 19.8 Å². The molecule has 4 atom stereocenters. The molecule has 0 aliphatic rings. The Balaban J connectivity index is 5.56. The molecule has 15 nitrogen and oxygen atoms in total. The molecule has 0 aliphatic heterocycles. The molecular formula is C17H26N4O11. The molecule has 0 aromatic rings. The van der Waals surface area contributed by atoms with Crippen molar-refractivity contribution in [3.05, 3.63) is 0 Å². The second-order valence-corrected chi connectivity index (χ2v) is 6.77. The van der Waals surface area contributed by atoms with Gasteiger partial charge >= 0.3 is 23.9 Å². The monoisotopic (exact) mass is 462 g/mol. The highest BCUT2D eigenvalue weighted by Gasteiger charge is 2.31. The molecule has 0 aromatic heterocycles. The molecule has 0 rings (SSSR count). The molecule has 0 spiro atoms. The lowest BCUT2D eigenvalue weighted by molar-refractivity contribution is -0.147. The average molecular weight is 462 g/mol. The number of hydrogen-bond donors (Lipinski definition) is 8. The van der Waals surface area contributed by atoms with E-state index in [1.807, 2.05) is 5.32 Å². The molecule has 0 bridgehead atoms. The standard InChI is InChI=1S/C17H26N4O11/c1-7(18)14(28)19-8(2-4-11(22)23)15(29)20-9(3-5-12(24)25)16(30)21-10(17(31)32)6-13(26)27/h7-10H,2-6,18H2,1H3,(H,19,28)(H,20,29)(H,21,30)(H,22,23)(H,24,25)(H,26,27)(H,31,32)/t7-,8-,9-,10-/m0/s1. The number of hydrogen-bond acceptors (Lipinski definition) is 8. The Labute approximate surface area is 181 Å². The Bertz CT molecular complexity index is 753. The van der Waals surface area contributed by atoms with Crippen LogP contribution in [0.1, 0.15) is 39.0 Å². The molecule has 0 heterocycles. The van der Waals surface area contributed by atoms with Gasteiger partial charge in [-0.15, -0.1) is 0 Å². The van der Waals surface area contributed by atoms with Crippen molar-refractivity contribution in [2.75, 3.05) is 0 Å². The zero-order chi connectivity index (χ0) is 25.0. The van der Waals surface area contributed by atoms with E-state index in [0.717, 1.165) is 0 Å². The van der Waals surface area contributed by atoms with Crippen LogP contribution in [0.2, 0.25) is 0 Å². The zero-order valence-electron chi connectivity index (χ0n) is 17.1. The maximum Gasteiger partial charge on any atom is 0.326 e. The predicted octanol–water partition coefficient (Wildman–Crippen LogP) is -2.92. The van der Waals surface area contributed by atoms with E-state index in [-0.39, 0.29) is 6.42 Å². The first-order chi connectivity index (χ1) is 14.7. The van der Waals surface area contributed by atoms with Gasteiger partial charge in [-0.25, -0.2) is 4.79 Å². The Kier molecular flexibility index (Phi) is 11.9. The number of carboxylic acid groups (broad SMARTS) is 4. The smallest absolute Gasteiger partial charge is 0.326 e. The third-order valence-corrected chi connectivity index (χ3v) is 3.97. The van der Waals surface area contributed by atoms with Gasteiger partial charge < -0.3 is 42.1 Å². The van der Waals surface area contributed by atoms with Crippen molar-refractivity contribution < 1.29 is 54.0 Å². The number of rotatable bonds is 15. The third kappa shape index (κ3) is 11.4. The molecule has 3 amide bonds. The van der Waals surface area contributed by atoms with Gasteiger partial charge in [0.25, 0.3) is 0 Å². The summed E-state index contributed by atoms with van der Waals surface area (Å²) in [6.07, 6.45) is -3.03. The lowest BCUT2D eigenvalue weighted by Gasteiger charge is -2.24. The zero-order valence-corrected chi connectivity index (χ0v) is 17.1. The number of carbonyl (C=O) groups is 7. The first-order valence-corrected chi connectivity index (χ1v) is 9.29. The molecule has 0 aliphatic carbocycles. The number of nitrogens with one attached hydrogen (secondary N) is 3. The van der Waals surface area contributed by atoms with Crippen LogP contribution in [-0.2, 0) is 33.6 Å². The summed E-state index contributed by atoms with van der Waals surface area (Å²) < 4.78 is 0. The van der Waals surface area contributed by atoms with E-state index < -0.39 is 91.4 Å². The number of carboxylic acids is 4. The van der Waals surface area contributed by atoms with Crippen molar-refractivity contribution in [1.29, 1.82) is 0 Å². The molecule has 32 heavy (non-hydrogen) atoms. The average Bonchev–Trinajstić information content (AvgIpc) is 2.66. The van der Waals surface area contributed by atoms with Crippen LogP contribution in [0.15, 0.2) is 0 Å². The summed E-state index contributed by atoms with van der Waals surface area (Å²) in [4.78, 5) is 80.4. The number of amides is 3. The maximum absolute atomic E-state index is 12.6. The van der Waals surface area contributed by atoms with Crippen LogP contribution in [0.25, 0.3) is 0 Å². The maximum atomic E-state index is 12.6. The minimum absolute atomic E-state index is 0.385. The van der Waals surface area contributed by atoms with E-state index in [1.54, 1.807) is 0 Å². The molecular weight excluding hydrogens is 436 g/mol. The van der Waals surface area contributed by atoms with Crippen LogP contribution in [0.5, 0.6) is 0 Å². The van der Waals surface area contributed by atoms with Gasteiger partial charge in [0, 0.05) is 12.8 Å². The minimum atomic E-state index is -1.86. The van der Waals surface area contributed by atoms with Gasteiger partial charge in [-0.3, -0.25) is 28.8 Å². The second-order valence-electron chi connectivity index (χ2n) is 6.77. The molecule has 180 valence electrons. The molecule has 0 radical (unpaired) electrons. The highest BCUT2D eigenvalue weighted by Crippen LogP contribution is 2.05. The van der Waals surface area contributed by atoms with E-state index in [1.165, 1.54) is 6.92 Å². The normalized spacial score (nSPS) is 14.2. The van der Waals surface area contributed by atoms with Crippen molar-refractivity contribution in [1.82, 2.24) is 16.0 Å². The molecule has 0 unspecified atom stereocenters. The Morgan fingerprint density at radius 3 is 1.34 bits per heavy atom. The lowest BCUT2D eigenvalue weighted by atomic mass is 10.1. The van der Waals surface area contributed by atoms with Crippen LogP contribution in [0, 0.1) is 0 Å². The van der Waals surface area contributed by atoms with Crippen LogP contribution < -0.4 is 21.7 Å². The molecule has 0 aromatic carbocycles. The molecule has 9 N–H and O–H groups in total. The fraction of sp³-hybridized carbons (Fsp3) is 0.588. The van der Waals surface area contributed by atoms with Crippen molar-refractivity contribution in [3.8, 4) is 0 Å². The topological polar surface area (TPSA) is 263 Å². The highest BCUT2D eigenvalue weighted by atomic mass is 16.4. The highest BCUT2D eigenvalue weighted by molar-refractivity contribution is 5.94. The van der Waals surface area contributed by atoms with Crippen LogP contribution in [0.3, 0.4) is 0 Å². The van der Waals surface area contributed by atoms with Gasteiger partial charge in [0.1, 0.15) is 18.1 Å².